The molecule has 1 unspecified atom stereocenters. The zero-order valence-electron chi connectivity index (χ0n) is 13.7. The topological polar surface area (TPSA) is 32.3 Å². The lowest BCUT2D eigenvalue weighted by Crippen LogP contribution is -2.41. The number of carbonyl (C=O) groups is 1. The molecule has 0 saturated carbocycles. The first-order valence-corrected chi connectivity index (χ1v) is 7.49. The lowest BCUT2D eigenvalue weighted by Gasteiger charge is -2.26. The van der Waals surface area contributed by atoms with Gasteiger partial charge in [0.1, 0.15) is 0 Å². The van der Waals surface area contributed by atoms with Gasteiger partial charge in [-0.2, -0.15) is 0 Å². The zero-order chi connectivity index (χ0) is 15.3. The fraction of sp³-hybridized carbons (Fsp3) is 0.588. The molecule has 0 fully saturated rings. The fourth-order valence-corrected chi connectivity index (χ4v) is 2.63. The molecule has 1 rings (SSSR count). The number of nitrogens with zero attached hydrogens (tertiary/aromatic N) is 1. The number of likely N-dealkylation sites (N-methyl/N-ethyl adjacent to an activating group) is 1. The predicted molar refractivity (Wildman–Crippen MR) is 86.3 cm³/mol. The lowest BCUT2D eigenvalue weighted by atomic mass is 10.0. The Morgan fingerprint density at radius 2 is 1.75 bits per heavy atom. The van der Waals surface area contributed by atoms with Gasteiger partial charge in [0.15, 0.2) is 0 Å². The van der Waals surface area contributed by atoms with E-state index in [-0.39, 0.29) is 11.9 Å². The average Bonchev–Trinajstić information content (AvgIpc) is 2.39. The van der Waals surface area contributed by atoms with Gasteiger partial charge in [0.05, 0.1) is 6.04 Å². The van der Waals surface area contributed by atoms with E-state index in [1.165, 1.54) is 5.56 Å². The number of hydrogen-bond acceptors (Lipinski definition) is 2. The van der Waals surface area contributed by atoms with Gasteiger partial charge in [-0.3, -0.25) is 9.69 Å². The number of hydrogen-bond donors (Lipinski definition) is 1. The Morgan fingerprint density at radius 3 is 2.20 bits per heavy atom. The maximum Gasteiger partial charge on any atom is 0.241 e. The van der Waals surface area contributed by atoms with E-state index < -0.39 is 0 Å². The summed E-state index contributed by atoms with van der Waals surface area (Å²) in [6, 6.07) is 4.17. The van der Waals surface area contributed by atoms with Crippen LogP contribution >= 0.6 is 0 Å². The Labute approximate surface area is 123 Å². The van der Waals surface area contributed by atoms with Crippen molar-refractivity contribution >= 4 is 11.6 Å². The number of anilines is 1. The molecule has 0 aliphatic rings. The van der Waals surface area contributed by atoms with Gasteiger partial charge in [-0.25, -0.2) is 0 Å². The quantitative estimate of drug-likeness (QED) is 0.859. The molecule has 0 aliphatic carbocycles. The summed E-state index contributed by atoms with van der Waals surface area (Å²) >= 11 is 0. The minimum Gasteiger partial charge on any atom is -0.324 e. The largest absolute Gasteiger partial charge is 0.324 e. The fourth-order valence-electron chi connectivity index (χ4n) is 2.63. The van der Waals surface area contributed by atoms with E-state index in [1.807, 2.05) is 20.9 Å². The molecule has 1 aromatic rings. The SMILES string of the molecule is CCCC(C(=O)Nc1c(C)cc(C)cc1C)N(C)CC. The third-order valence-corrected chi connectivity index (χ3v) is 3.82. The van der Waals surface area contributed by atoms with Crippen molar-refractivity contribution in [2.45, 2.75) is 53.5 Å². The number of nitrogens with one attached hydrogen (secondary N) is 1. The van der Waals surface area contributed by atoms with Gasteiger partial charge in [-0.1, -0.05) is 38.0 Å². The Bertz CT molecular complexity index is 445. The first-order valence-electron chi connectivity index (χ1n) is 7.49. The van der Waals surface area contributed by atoms with Crippen LogP contribution < -0.4 is 5.32 Å². The van der Waals surface area contributed by atoms with E-state index >= 15 is 0 Å². The number of carbonyl (C=O) groups excluding carboxylic acids is 1. The van der Waals surface area contributed by atoms with Gasteiger partial charge < -0.3 is 5.32 Å². The second kappa shape index (κ2) is 7.44. The van der Waals surface area contributed by atoms with Crippen molar-refractivity contribution in [3.8, 4) is 0 Å². The monoisotopic (exact) mass is 276 g/mol. The molecule has 1 aromatic carbocycles. The summed E-state index contributed by atoms with van der Waals surface area (Å²) in [6.45, 7) is 11.3. The second-order valence-electron chi connectivity index (χ2n) is 5.64. The zero-order valence-corrected chi connectivity index (χ0v) is 13.7. The summed E-state index contributed by atoms with van der Waals surface area (Å²) in [4.78, 5) is 14.6. The van der Waals surface area contributed by atoms with Crippen LogP contribution in [0.1, 0.15) is 43.4 Å². The van der Waals surface area contributed by atoms with Crippen LogP contribution in [0.5, 0.6) is 0 Å². The van der Waals surface area contributed by atoms with E-state index in [4.69, 9.17) is 0 Å². The maximum absolute atomic E-state index is 12.5. The molecule has 3 heteroatoms. The van der Waals surface area contributed by atoms with Gasteiger partial charge >= 0.3 is 0 Å². The molecule has 112 valence electrons. The Kier molecular flexibility index (Phi) is 6.21. The highest BCUT2D eigenvalue weighted by atomic mass is 16.2. The molecule has 20 heavy (non-hydrogen) atoms. The van der Waals surface area contributed by atoms with Crippen LogP contribution in [0.4, 0.5) is 5.69 Å². The Hall–Kier alpha value is -1.35. The van der Waals surface area contributed by atoms with Crippen molar-refractivity contribution in [2.24, 2.45) is 0 Å². The average molecular weight is 276 g/mol. The summed E-state index contributed by atoms with van der Waals surface area (Å²) in [5.74, 6) is 0.103. The minimum atomic E-state index is -0.0508. The summed E-state index contributed by atoms with van der Waals surface area (Å²) in [6.07, 6.45) is 1.90. The van der Waals surface area contributed by atoms with E-state index in [1.54, 1.807) is 0 Å². The van der Waals surface area contributed by atoms with Crippen molar-refractivity contribution in [3.05, 3.63) is 28.8 Å². The van der Waals surface area contributed by atoms with Crippen LogP contribution in [0, 0.1) is 20.8 Å². The van der Waals surface area contributed by atoms with Crippen LogP contribution in [0.2, 0.25) is 0 Å². The van der Waals surface area contributed by atoms with Crippen LogP contribution in [0.3, 0.4) is 0 Å². The van der Waals surface area contributed by atoms with Crippen LogP contribution in [-0.2, 0) is 4.79 Å². The van der Waals surface area contributed by atoms with Gasteiger partial charge in [-0.15, -0.1) is 0 Å². The summed E-state index contributed by atoms with van der Waals surface area (Å²) < 4.78 is 0. The third kappa shape index (κ3) is 4.07. The number of rotatable bonds is 6. The molecule has 0 aromatic heterocycles. The number of aryl methyl sites for hydroxylation is 3. The highest BCUT2D eigenvalue weighted by Crippen LogP contribution is 2.22. The van der Waals surface area contributed by atoms with Gasteiger partial charge in [0, 0.05) is 5.69 Å². The van der Waals surface area contributed by atoms with Gasteiger partial charge in [-0.05, 0) is 51.9 Å². The third-order valence-electron chi connectivity index (χ3n) is 3.82. The molecule has 1 N–H and O–H groups in total. The first kappa shape index (κ1) is 16.7. The number of benzene rings is 1. The van der Waals surface area contributed by atoms with Crippen molar-refractivity contribution in [1.82, 2.24) is 4.90 Å². The Balaban J connectivity index is 2.93. The molecular weight excluding hydrogens is 248 g/mol. The highest BCUT2D eigenvalue weighted by Gasteiger charge is 2.22. The summed E-state index contributed by atoms with van der Waals surface area (Å²) in [7, 11) is 2.01. The van der Waals surface area contributed by atoms with Gasteiger partial charge in [0.25, 0.3) is 0 Å². The first-order chi connectivity index (χ1) is 9.40. The van der Waals surface area contributed by atoms with Crippen molar-refractivity contribution in [3.63, 3.8) is 0 Å². The lowest BCUT2D eigenvalue weighted by molar-refractivity contribution is -0.121. The molecule has 1 atom stereocenters. The normalized spacial score (nSPS) is 12.6. The smallest absolute Gasteiger partial charge is 0.241 e. The molecule has 1 amide bonds. The highest BCUT2D eigenvalue weighted by molar-refractivity contribution is 5.96. The molecule has 0 saturated heterocycles. The Morgan fingerprint density at radius 1 is 1.20 bits per heavy atom. The van der Waals surface area contributed by atoms with Crippen molar-refractivity contribution in [2.75, 3.05) is 18.9 Å². The standard InChI is InChI=1S/C17H28N2O/c1-7-9-15(19(6)8-2)17(20)18-16-13(4)10-12(3)11-14(16)5/h10-11,15H,7-9H2,1-6H3,(H,18,20). The van der Waals surface area contributed by atoms with Crippen LogP contribution in [0.15, 0.2) is 12.1 Å². The molecular formula is C17H28N2O. The minimum absolute atomic E-state index is 0.0508. The summed E-state index contributed by atoms with van der Waals surface area (Å²) in [5, 5.41) is 3.13. The molecule has 0 heterocycles. The molecule has 0 bridgehead atoms. The van der Waals surface area contributed by atoms with Crippen molar-refractivity contribution in [1.29, 1.82) is 0 Å². The molecule has 3 nitrogen and oxygen atoms in total. The van der Waals surface area contributed by atoms with E-state index in [0.29, 0.717) is 0 Å². The van der Waals surface area contributed by atoms with Crippen molar-refractivity contribution < 1.29 is 4.79 Å². The van der Waals surface area contributed by atoms with Gasteiger partial charge in [0.2, 0.25) is 5.91 Å². The van der Waals surface area contributed by atoms with E-state index in [9.17, 15) is 4.79 Å². The predicted octanol–water partition coefficient (Wildman–Crippen LogP) is 3.67. The van der Waals surface area contributed by atoms with Crippen LogP contribution in [0.25, 0.3) is 0 Å². The molecule has 0 spiro atoms. The molecule has 0 radical (unpaired) electrons. The number of amides is 1. The van der Waals surface area contributed by atoms with E-state index in [2.05, 4.69) is 43.1 Å². The summed E-state index contributed by atoms with van der Waals surface area (Å²) in [5.41, 5.74) is 4.45. The van der Waals surface area contributed by atoms with Crippen LogP contribution in [-0.4, -0.2) is 30.4 Å². The van der Waals surface area contributed by atoms with E-state index in [0.717, 1.165) is 36.2 Å². The second-order valence-corrected chi connectivity index (χ2v) is 5.64. The molecule has 0 aliphatic heterocycles. The maximum atomic E-state index is 12.5.